The maximum atomic E-state index is 4.41. The zero-order valence-corrected chi connectivity index (χ0v) is 11.6. The third kappa shape index (κ3) is 2.04. The molecule has 0 aliphatic rings. The third-order valence-electron chi connectivity index (χ3n) is 3.29. The fourth-order valence-corrected chi connectivity index (χ4v) is 1.97. The third-order valence-corrected chi connectivity index (χ3v) is 3.29. The Kier molecular flexibility index (Phi) is 2.97. The molecule has 3 aromatic heterocycles. The number of aromatic amines is 1. The van der Waals surface area contributed by atoms with Gasteiger partial charge in [0, 0.05) is 31.9 Å². The molecule has 0 amide bonds. The Labute approximate surface area is 115 Å². The number of imidazole rings is 1. The van der Waals surface area contributed by atoms with Crippen molar-refractivity contribution in [2.24, 2.45) is 7.05 Å². The van der Waals surface area contributed by atoms with Crippen LogP contribution in [0.5, 0.6) is 0 Å². The van der Waals surface area contributed by atoms with Gasteiger partial charge in [0.1, 0.15) is 5.52 Å². The lowest BCUT2D eigenvalue weighted by Gasteiger charge is -2.07. The zero-order chi connectivity index (χ0) is 14.1. The van der Waals surface area contributed by atoms with Gasteiger partial charge in [0.15, 0.2) is 11.5 Å². The number of aryl methyl sites for hydroxylation is 1. The van der Waals surface area contributed by atoms with Crippen LogP contribution in [0.3, 0.4) is 0 Å². The van der Waals surface area contributed by atoms with Crippen LogP contribution in [0.2, 0.25) is 0 Å². The lowest BCUT2D eigenvalue weighted by Crippen LogP contribution is -2.06. The summed E-state index contributed by atoms with van der Waals surface area (Å²) in [4.78, 5) is 15.9. The zero-order valence-electron chi connectivity index (χ0n) is 11.6. The summed E-state index contributed by atoms with van der Waals surface area (Å²) in [6.45, 7) is 2.68. The largest absolute Gasteiger partial charge is 0.364 e. The molecule has 0 unspecified atom stereocenters. The van der Waals surface area contributed by atoms with Crippen LogP contribution in [0.25, 0.3) is 11.2 Å². The standard InChI is InChI=1S/C12H16N8/c1-7-8(5-17-20(7)3)4-14-10-9-11(16-6-15-9)19-12(13-2)18-10/h5-6H,4H2,1-3H3,(H3,13,14,15,16,18,19). The van der Waals surface area contributed by atoms with Crippen LogP contribution in [0.1, 0.15) is 11.3 Å². The van der Waals surface area contributed by atoms with Gasteiger partial charge in [0.2, 0.25) is 5.95 Å². The second-order valence-corrected chi connectivity index (χ2v) is 4.48. The number of nitrogens with zero attached hydrogens (tertiary/aromatic N) is 5. The molecule has 0 aromatic carbocycles. The second kappa shape index (κ2) is 4.80. The summed E-state index contributed by atoms with van der Waals surface area (Å²) < 4.78 is 1.85. The Morgan fingerprint density at radius 1 is 1.35 bits per heavy atom. The average molecular weight is 272 g/mol. The number of anilines is 2. The van der Waals surface area contributed by atoms with Gasteiger partial charge in [-0.1, -0.05) is 0 Å². The lowest BCUT2D eigenvalue weighted by atomic mass is 10.2. The smallest absolute Gasteiger partial charge is 0.226 e. The molecule has 0 radical (unpaired) electrons. The minimum atomic E-state index is 0.537. The Morgan fingerprint density at radius 3 is 2.90 bits per heavy atom. The summed E-state index contributed by atoms with van der Waals surface area (Å²) in [5.41, 5.74) is 3.69. The van der Waals surface area contributed by atoms with Crippen molar-refractivity contribution < 1.29 is 0 Å². The van der Waals surface area contributed by atoms with E-state index in [1.165, 1.54) is 0 Å². The molecule has 3 heterocycles. The number of fused-ring (bicyclic) bond motifs is 1. The SMILES string of the molecule is CNc1nc(NCc2cnn(C)c2C)c2[nH]cnc2n1. The van der Waals surface area contributed by atoms with E-state index in [0.717, 1.165) is 22.6 Å². The minimum Gasteiger partial charge on any atom is -0.364 e. The average Bonchev–Trinajstić information content (AvgIpc) is 3.05. The molecule has 3 N–H and O–H groups in total. The predicted molar refractivity (Wildman–Crippen MR) is 76.5 cm³/mol. The highest BCUT2D eigenvalue weighted by Gasteiger charge is 2.10. The van der Waals surface area contributed by atoms with Crippen LogP contribution >= 0.6 is 0 Å². The molecule has 104 valence electrons. The molecule has 20 heavy (non-hydrogen) atoms. The van der Waals surface area contributed by atoms with Crippen LogP contribution in [0.15, 0.2) is 12.5 Å². The number of hydrogen-bond acceptors (Lipinski definition) is 6. The van der Waals surface area contributed by atoms with Crippen LogP contribution in [-0.2, 0) is 13.6 Å². The van der Waals surface area contributed by atoms with Crippen molar-refractivity contribution in [1.29, 1.82) is 0 Å². The molecule has 3 rings (SSSR count). The Hall–Kier alpha value is -2.64. The van der Waals surface area contributed by atoms with Crippen LogP contribution in [-0.4, -0.2) is 36.8 Å². The first-order valence-corrected chi connectivity index (χ1v) is 6.29. The van der Waals surface area contributed by atoms with Gasteiger partial charge >= 0.3 is 0 Å². The van der Waals surface area contributed by atoms with E-state index < -0.39 is 0 Å². The van der Waals surface area contributed by atoms with Crippen LogP contribution < -0.4 is 10.6 Å². The van der Waals surface area contributed by atoms with Gasteiger partial charge in [-0.25, -0.2) is 4.98 Å². The maximum absolute atomic E-state index is 4.41. The van der Waals surface area contributed by atoms with E-state index in [0.29, 0.717) is 18.1 Å². The first kappa shape index (κ1) is 12.4. The van der Waals surface area contributed by atoms with Crippen molar-refractivity contribution in [1.82, 2.24) is 29.7 Å². The van der Waals surface area contributed by atoms with Crippen molar-refractivity contribution in [2.75, 3.05) is 17.7 Å². The summed E-state index contributed by atoms with van der Waals surface area (Å²) in [6, 6.07) is 0. The Bertz CT molecular complexity index is 741. The fraction of sp³-hybridized carbons (Fsp3) is 0.333. The molecule has 0 saturated heterocycles. The van der Waals surface area contributed by atoms with Gasteiger partial charge in [-0.15, -0.1) is 0 Å². The highest BCUT2D eigenvalue weighted by Crippen LogP contribution is 2.19. The van der Waals surface area contributed by atoms with E-state index in [9.17, 15) is 0 Å². The highest BCUT2D eigenvalue weighted by atomic mass is 15.3. The molecule has 0 spiro atoms. The topological polar surface area (TPSA) is 96.3 Å². The Balaban J connectivity index is 1.90. The van der Waals surface area contributed by atoms with E-state index in [4.69, 9.17) is 0 Å². The molecule has 0 fully saturated rings. The summed E-state index contributed by atoms with van der Waals surface area (Å²) in [5, 5.41) is 10.5. The predicted octanol–water partition coefficient (Wildman–Crippen LogP) is 1.05. The van der Waals surface area contributed by atoms with Gasteiger partial charge < -0.3 is 15.6 Å². The molecule has 0 atom stereocenters. The molecule has 8 nitrogen and oxygen atoms in total. The molecule has 0 bridgehead atoms. The summed E-state index contributed by atoms with van der Waals surface area (Å²) >= 11 is 0. The van der Waals surface area contributed by atoms with Gasteiger partial charge in [0.25, 0.3) is 0 Å². The van der Waals surface area contributed by atoms with Gasteiger partial charge in [-0.2, -0.15) is 15.1 Å². The summed E-state index contributed by atoms with van der Waals surface area (Å²) in [5.74, 6) is 1.26. The first-order chi connectivity index (χ1) is 9.69. The molecule has 3 aromatic rings. The molecule has 0 aliphatic carbocycles. The molecule has 8 heteroatoms. The van der Waals surface area contributed by atoms with Gasteiger partial charge in [0.05, 0.1) is 12.5 Å². The second-order valence-electron chi connectivity index (χ2n) is 4.48. The molecule has 0 saturated carbocycles. The van der Waals surface area contributed by atoms with Crippen LogP contribution in [0.4, 0.5) is 11.8 Å². The van der Waals surface area contributed by atoms with E-state index in [1.54, 1.807) is 13.4 Å². The van der Waals surface area contributed by atoms with E-state index in [1.807, 2.05) is 24.9 Å². The highest BCUT2D eigenvalue weighted by molar-refractivity contribution is 5.83. The first-order valence-electron chi connectivity index (χ1n) is 6.29. The Morgan fingerprint density at radius 2 is 2.20 bits per heavy atom. The summed E-state index contributed by atoms with van der Waals surface area (Å²) in [6.07, 6.45) is 3.46. The van der Waals surface area contributed by atoms with Crippen molar-refractivity contribution in [3.8, 4) is 0 Å². The number of nitrogens with one attached hydrogen (secondary N) is 3. The number of hydrogen-bond donors (Lipinski definition) is 3. The maximum Gasteiger partial charge on any atom is 0.226 e. The van der Waals surface area contributed by atoms with Crippen LogP contribution in [0, 0.1) is 6.92 Å². The molecular formula is C12H16N8. The lowest BCUT2D eigenvalue weighted by molar-refractivity contribution is 0.738. The normalized spacial score (nSPS) is 10.9. The van der Waals surface area contributed by atoms with E-state index >= 15 is 0 Å². The molecular weight excluding hydrogens is 256 g/mol. The monoisotopic (exact) mass is 272 g/mol. The van der Waals surface area contributed by atoms with Gasteiger partial charge in [-0.3, -0.25) is 4.68 Å². The van der Waals surface area contributed by atoms with Crippen molar-refractivity contribution >= 4 is 22.9 Å². The van der Waals surface area contributed by atoms with Crippen molar-refractivity contribution in [3.05, 3.63) is 23.8 Å². The molecule has 0 aliphatic heterocycles. The van der Waals surface area contributed by atoms with Crippen molar-refractivity contribution in [2.45, 2.75) is 13.5 Å². The van der Waals surface area contributed by atoms with Gasteiger partial charge in [-0.05, 0) is 6.92 Å². The number of H-pyrrole nitrogens is 1. The summed E-state index contributed by atoms with van der Waals surface area (Å²) in [7, 11) is 3.71. The fourth-order valence-electron chi connectivity index (χ4n) is 1.97. The van der Waals surface area contributed by atoms with E-state index in [-0.39, 0.29) is 0 Å². The van der Waals surface area contributed by atoms with Crippen molar-refractivity contribution in [3.63, 3.8) is 0 Å². The quantitative estimate of drug-likeness (QED) is 0.657. The van der Waals surface area contributed by atoms with E-state index in [2.05, 4.69) is 35.7 Å². The minimum absolute atomic E-state index is 0.537. The number of aromatic nitrogens is 6. The number of rotatable bonds is 4.